The van der Waals surface area contributed by atoms with Crippen LogP contribution in [0.2, 0.25) is 0 Å². The van der Waals surface area contributed by atoms with Gasteiger partial charge in [-0.25, -0.2) is 0 Å². The zero-order valence-corrected chi connectivity index (χ0v) is 12.3. The topological polar surface area (TPSA) is 26.3 Å². The quantitative estimate of drug-likeness (QED) is 0.550. The molecule has 0 N–H and O–H groups in total. The summed E-state index contributed by atoms with van der Waals surface area (Å²) < 4.78 is 5.25. The van der Waals surface area contributed by atoms with E-state index in [1.54, 1.807) is 0 Å². The molecule has 2 atom stereocenters. The van der Waals surface area contributed by atoms with E-state index in [1.165, 1.54) is 25.3 Å². The summed E-state index contributed by atoms with van der Waals surface area (Å²) in [5.41, 5.74) is 1.73. The average Bonchev–Trinajstić information content (AvgIpc) is 2.25. The highest BCUT2D eigenvalue weighted by Gasteiger charge is 2.30. The predicted molar refractivity (Wildman–Crippen MR) is 75.2 cm³/mol. The Labute approximate surface area is 111 Å². The van der Waals surface area contributed by atoms with E-state index in [9.17, 15) is 4.79 Å². The SMILES string of the molecule is CC[C@H](/C=C/[C@@H]1C(C)=CCCC1(C)C)OC(C)=O. The minimum absolute atomic E-state index is 0.0898. The summed E-state index contributed by atoms with van der Waals surface area (Å²) in [6.07, 6.45) is 9.72. The van der Waals surface area contributed by atoms with E-state index in [2.05, 4.69) is 39.0 Å². The van der Waals surface area contributed by atoms with Crippen LogP contribution in [0.5, 0.6) is 0 Å². The minimum Gasteiger partial charge on any atom is -0.458 e. The molecule has 102 valence electrons. The lowest BCUT2D eigenvalue weighted by molar-refractivity contribution is -0.144. The van der Waals surface area contributed by atoms with Gasteiger partial charge in [-0.1, -0.05) is 38.5 Å². The van der Waals surface area contributed by atoms with Gasteiger partial charge < -0.3 is 4.74 Å². The number of hydrogen-bond acceptors (Lipinski definition) is 2. The largest absolute Gasteiger partial charge is 0.458 e. The molecule has 1 aliphatic carbocycles. The lowest BCUT2D eigenvalue weighted by Crippen LogP contribution is -2.26. The van der Waals surface area contributed by atoms with Crippen molar-refractivity contribution in [2.75, 3.05) is 0 Å². The normalized spacial score (nSPS) is 24.7. The fourth-order valence-electron chi connectivity index (χ4n) is 2.69. The Morgan fingerprint density at radius 3 is 2.78 bits per heavy atom. The highest BCUT2D eigenvalue weighted by Crippen LogP contribution is 2.41. The second kappa shape index (κ2) is 6.21. The van der Waals surface area contributed by atoms with Gasteiger partial charge in [0.25, 0.3) is 0 Å². The number of ether oxygens (including phenoxy) is 1. The van der Waals surface area contributed by atoms with Crippen molar-refractivity contribution in [1.29, 1.82) is 0 Å². The van der Waals surface area contributed by atoms with Crippen molar-refractivity contribution >= 4 is 5.97 Å². The number of hydrogen-bond donors (Lipinski definition) is 0. The molecule has 0 unspecified atom stereocenters. The van der Waals surface area contributed by atoms with Crippen LogP contribution in [-0.2, 0) is 9.53 Å². The van der Waals surface area contributed by atoms with Gasteiger partial charge in [0.15, 0.2) is 0 Å². The maximum Gasteiger partial charge on any atom is 0.303 e. The van der Waals surface area contributed by atoms with Gasteiger partial charge in [-0.2, -0.15) is 0 Å². The lowest BCUT2D eigenvalue weighted by atomic mass is 9.68. The maximum atomic E-state index is 11.0. The maximum absolute atomic E-state index is 11.0. The van der Waals surface area contributed by atoms with E-state index in [-0.39, 0.29) is 12.1 Å². The van der Waals surface area contributed by atoms with Gasteiger partial charge in [0, 0.05) is 12.8 Å². The van der Waals surface area contributed by atoms with Gasteiger partial charge in [-0.3, -0.25) is 4.79 Å². The number of esters is 1. The zero-order valence-electron chi connectivity index (χ0n) is 12.3. The van der Waals surface area contributed by atoms with Gasteiger partial charge in [-0.05, 0) is 37.7 Å². The van der Waals surface area contributed by atoms with E-state index in [4.69, 9.17) is 4.74 Å². The van der Waals surface area contributed by atoms with Crippen LogP contribution in [0.15, 0.2) is 23.8 Å². The molecular formula is C16H26O2. The Morgan fingerprint density at radius 1 is 1.61 bits per heavy atom. The van der Waals surface area contributed by atoms with Crippen molar-refractivity contribution in [3.05, 3.63) is 23.8 Å². The predicted octanol–water partition coefficient (Wildman–Crippen LogP) is 4.27. The van der Waals surface area contributed by atoms with E-state index < -0.39 is 0 Å². The molecule has 0 saturated heterocycles. The number of rotatable bonds is 4. The third-order valence-corrected chi connectivity index (χ3v) is 3.83. The lowest BCUT2D eigenvalue weighted by Gasteiger charge is -2.36. The van der Waals surface area contributed by atoms with Crippen LogP contribution < -0.4 is 0 Å². The molecule has 0 heterocycles. The third kappa shape index (κ3) is 4.01. The molecule has 0 radical (unpaired) electrons. The summed E-state index contributed by atoms with van der Waals surface area (Å²) in [7, 11) is 0. The van der Waals surface area contributed by atoms with Gasteiger partial charge in [-0.15, -0.1) is 0 Å². The van der Waals surface area contributed by atoms with Crippen molar-refractivity contribution < 1.29 is 9.53 Å². The van der Waals surface area contributed by atoms with E-state index >= 15 is 0 Å². The van der Waals surface area contributed by atoms with Crippen LogP contribution in [0, 0.1) is 11.3 Å². The second-order valence-corrected chi connectivity index (χ2v) is 5.89. The smallest absolute Gasteiger partial charge is 0.303 e. The molecule has 0 spiro atoms. The standard InChI is InChI=1S/C16H26O2/c1-6-14(18-13(3)17)9-10-15-12(2)8-7-11-16(15,4)5/h8-10,14-15H,6-7,11H2,1-5H3/b10-9+/t14-,15-/m1/s1. The Bertz CT molecular complexity index is 350. The first kappa shape index (κ1) is 15.0. The van der Waals surface area contributed by atoms with Crippen molar-refractivity contribution in [3.8, 4) is 0 Å². The van der Waals surface area contributed by atoms with Crippen molar-refractivity contribution in [2.24, 2.45) is 11.3 Å². The molecule has 0 aromatic carbocycles. The molecule has 0 aromatic heterocycles. The zero-order chi connectivity index (χ0) is 13.8. The van der Waals surface area contributed by atoms with Crippen molar-refractivity contribution in [3.63, 3.8) is 0 Å². The number of carbonyl (C=O) groups is 1. The summed E-state index contributed by atoms with van der Waals surface area (Å²) in [5, 5.41) is 0. The first-order chi connectivity index (χ1) is 8.36. The van der Waals surface area contributed by atoms with E-state index in [0.29, 0.717) is 11.3 Å². The fraction of sp³-hybridized carbons (Fsp3) is 0.688. The Balaban J connectivity index is 2.77. The number of carbonyl (C=O) groups excluding carboxylic acids is 1. The van der Waals surface area contributed by atoms with E-state index in [1.807, 2.05) is 6.92 Å². The second-order valence-electron chi connectivity index (χ2n) is 5.89. The molecule has 0 aliphatic heterocycles. The van der Waals surface area contributed by atoms with Crippen molar-refractivity contribution in [2.45, 2.75) is 60.0 Å². The van der Waals surface area contributed by atoms with Crippen LogP contribution in [0.3, 0.4) is 0 Å². The highest BCUT2D eigenvalue weighted by atomic mass is 16.5. The summed E-state index contributed by atoms with van der Waals surface area (Å²) in [6, 6.07) is 0. The van der Waals surface area contributed by atoms with Gasteiger partial charge in [0.05, 0.1) is 0 Å². The van der Waals surface area contributed by atoms with E-state index in [0.717, 1.165) is 6.42 Å². The van der Waals surface area contributed by atoms with Gasteiger partial charge in [0.2, 0.25) is 0 Å². The Morgan fingerprint density at radius 2 is 2.28 bits per heavy atom. The summed E-state index contributed by atoms with van der Waals surface area (Å²) >= 11 is 0. The molecule has 0 fully saturated rings. The summed E-state index contributed by atoms with van der Waals surface area (Å²) in [5.74, 6) is 0.248. The van der Waals surface area contributed by atoms with Crippen LogP contribution in [0.4, 0.5) is 0 Å². The summed E-state index contributed by atoms with van der Waals surface area (Å²) in [6.45, 7) is 10.3. The van der Waals surface area contributed by atoms with Crippen LogP contribution in [0.25, 0.3) is 0 Å². The molecule has 1 aliphatic rings. The molecule has 2 heteroatoms. The number of allylic oxidation sites excluding steroid dienone is 3. The van der Waals surface area contributed by atoms with Gasteiger partial charge >= 0.3 is 5.97 Å². The van der Waals surface area contributed by atoms with Crippen molar-refractivity contribution in [1.82, 2.24) is 0 Å². The average molecular weight is 250 g/mol. The fourth-order valence-corrected chi connectivity index (χ4v) is 2.69. The first-order valence-electron chi connectivity index (χ1n) is 6.89. The molecule has 0 saturated carbocycles. The molecule has 1 rings (SSSR count). The Hall–Kier alpha value is -1.05. The van der Waals surface area contributed by atoms with Crippen LogP contribution in [-0.4, -0.2) is 12.1 Å². The monoisotopic (exact) mass is 250 g/mol. The first-order valence-corrected chi connectivity index (χ1v) is 6.89. The third-order valence-electron chi connectivity index (χ3n) is 3.83. The molecule has 0 aromatic rings. The molecular weight excluding hydrogens is 224 g/mol. The molecule has 18 heavy (non-hydrogen) atoms. The van der Waals surface area contributed by atoms with Gasteiger partial charge in [0.1, 0.15) is 6.10 Å². The molecule has 0 bridgehead atoms. The molecule has 2 nitrogen and oxygen atoms in total. The molecule has 0 amide bonds. The van der Waals surface area contributed by atoms with Crippen LogP contribution >= 0.6 is 0 Å². The van der Waals surface area contributed by atoms with Crippen LogP contribution in [0.1, 0.15) is 53.9 Å². The minimum atomic E-state index is -0.207. The Kier molecular flexibility index (Phi) is 5.18. The summed E-state index contributed by atoms with van der Waals surface area (Å²) in [4.78, 5) is 11.0. The highest BCUT2D eigenvalue weighted by molar-refractivity contribution is 5.66.